The van der Waals surface area contributed by atoms with E-state index in [4.69, 9.17) is 15.7 Å². The third-order valence-corrected chi connectivity index (χ3v) is 1.97. The second kappa shape index (κ2) is 4.96. The first-order valence-corrected chi connectivity index (χ1v) is 3.62. The van der Waals surface area contributed by atoms with Gasteiger partial charge in [-0.05, 0) is 11.8 Å². The molecule has 48 valence electrons. The van der Waals surface area contributed by atoms with E-state index in [1.165, 1.54) is 0 Å². The van der Waals surface area contributed by atoms with E-state index < -0.39 is 0 Å². The van der Waals surface area contributed by atoms with Crippen molar-refractivity contribution in [3.8, 4) is 0 Å². The highest BCUT2D eigenvalue weighted by Crippen LogP contribution is 2.18. The Balaban J connectivity index is 3.32. The van der Waals surface area contributed by atoms with Crippen molar-refractivity contribution in [1.82, 2.24) is 0 Å². The minimum absolute atomic E-state index is 0.619. The molecule has 0 amide bonds. The molecule has 4 radical (unpaired) electrons. The van der Waals surface area contributed by atoms with Crippen molar-refractivity contribution >= 4 is 15.7 Å². The standard InChI is InChI=1S/C7H14B2/c1-6(3-4-8)7(2)5-9/h6-7H,3-5H2,1-2H3/t6-,7?/m1/s1. The maximum absolute atomic E-state index is 5.46. The summed E-state index contributed by atoms with van der Waals surface area (Å²) in [5.74, 6) is 1.30. The van der Waals surface area contributed by atoms with Gasteiger partial charge in [0, 0.05) is 0 Å². The van der Waals surface area contributed by atoms with Crippen LogP contribution in [0, 0.1) is 11.8 Å². The highest BCUT2D eigenvalue weighted by atomic mass is 14.1. The van der Waals surface area contributed by atoms with Crippen LogP contribution in [0.4, 0.5) is 0 Å². The van der Waals surface area contributed by atoms with Gasteiger partial charge in [0.25, 0.3) is 0 Å². The normalized spacial score (nSPS) is 17.1. The van der Waals surface area contributed by atoms with E-state index in [0.29, 0.717) is 11.8 Å². The number of hydrogen-bond donors (Lipinski definition) is 0. The molecule has 0 aromatic rings. The molecule has 0 nitrogen and oxygen atoms in total. The third-order valence-electron chi connectivity index (χ3n) is 1.97. The lowest BCUT2D eigenvalue weighted by atomic mass is 9.80. The van der Waals surface area contributed by atoms with Crippen molar-refractivity contribution in [2.45, 2.75) is 32.9 Å². The summed E-state index contributed by atoms with van der Waals surface area (Å²) in [5.41, 5.74) is 0. The monoisotopic (exact) mass is 120 g/mol. The fourth-order valence-corrected chi connectivity index (χ4v) is 0.780. The van der Waals surface area contributed by atoms with Crippen LogP contribution in [0.5, 0.6) is 0 Å². The molecule has 0 spiro atoms. The zero-order chi connectivity index (χ0) is 7.28. The van der Waals surface area contributed by atoms with Crippen molar-refractivity contribution in [2.24, 2.45) is 11.8 Å². The highest BCUT2D eigenvalue weighted by Gasteiger charge is 2.06. The van der Waals surface area contributed by atoms with Gasteiger partial charge in [-0.15, -0.1) is 0 Å². The van der Waals surface area contributed by atoms with Crippen molar-refractivity contribution in [3.05, 3.63) is 0 Å². The van der Waals surface area contributed by atoms with Crippen LogP contribution in [0.3, 0.4) is 0 Å². The Kier molecular flexibility index (Phi) is 5.03. The molecule has 0 heterocycles. The Morgan fingerprint density at radius 2 is 1.67 bits per heavy atom. The first-order valence-electron chi connectivity index (χ1n) is 3.62. The van der Waals surface area contributed by atoms with Crippen LogP contribution in [0.15, 0.2) is 0 Å². The summed E-state index contributed by atoms with van der Waals surface area (Å²) in [7, 11) is 10.8. The molecule has 0 bridgehead atoms. The number of rotatable bonds is 4. The molecule has 1 unspecified atom stereocenters. The van der Waals surface area contributed by atoms with Gasteiger partial charge >= 0.3 is 0 Å². The molecular formula is C7H14B2. The van der Waals surface area contributed by atoms with Crippen LogP contribution < -0.4 is 0 Å². The van der Waals surface area contributed by atoms with E-state index in [1.807, 2.05) is 0 Å². The summed E-state index contributed by atoms with van der Waals surface area (Å²) in [6, 6.07) is 0. The van der Waals surface area contributed by atoms with Gasteiger partial charge in [0.1, 0.15) is 0 Å². The molecule has 0 saturated heterocycles. The van der Waals surface area contributed by atoms with E-state index >= 15 is 0 Å². The molecule has 0 saturated carbocycles. The second-order valence-corrected chi connectivity index (χ2v) is 2.77. The van der Waals surface area contributed by atoms with Gasteiger partial charge in [0.05, 0.1) is 15.7 Å². The fraction of sp³-hybridized carbons (Fsp3) is 1.00. The molecule has 0 aromatic heterocycles. The van der Waals surface area contributed by atoms with E-state index in [2.05, 4.69) is 13.8 Å². The molecule has 2 atom stereocenters. The molecule has 0 N–H and O–H groups in total. The maximum Gasteiger partial charge on any atom is 0.0656 e. The lowest BCUT2D eigenvalue weighted by molar-refractivity contribution is 0.408. The van der Waals surface area contributed by atoms with Gasteiger partial charge in [0.2, 0.25) is 0 Å². The lowest BCUT2D eigenvalue weighted by Crippen LogP contribution is -2.06. The Morgan fingerprint density at radius 3 is 2.00 bits per heavy atom. The highest BCUT2D eigenvalue weighted by molar-refractivity contribution is 6.09. The van der Waals surface area contributed by atoms with E-state index in [-0.39, 0.29) is 0 Å². The van der Waals surface area contributed by atoms with E-state index in [9.17, 15) is 0 Å². The Hall–Kier alpha value is 0.130. The van der Waals surface area contributed by atoms with Gasteiger partial charge in [-0.25, -0.2) is 0 Å². The first-order chi connectivity index (χ1) is 4.22. The van der Waals surface area contributed by atoms with Crippen LogP contribution >= 0.6 is 0 Å². The molecule has 9 heavy (non-hydrogen) atoms. The lowest BCUT2D eigenvalue weighted by Gasteiger charge is -2.16. The molecule has 0 rings (SSSR count). The van der Waals surface area contributed by atoms with Crippen LogP contribution in [0.25, 0.3) is 0 Å². The van der Waals surface area contributed by atoms with Crippen LogP contribution in [-0.4, -0.2) is 15.7 Å². The van der Waals surface area contributed by atoms with Crippen molar-refractivity contribution in [2.75, 3.05) is 0 Å². The van der Waals surface area contributed by atoms with Crippen LogP contribution in [0.2, 0.25) is 12.6 Å². The Bertz CT molecular complexity index is 63.9. The van der Waals surface area contributed by atoms with Gasteiger partial charge in [-0.2, -0.15) is 0 Å². The number of hydrogen-bond acceptors (Lipinski definition) is 0. The Labute approximate surface area is 61.2 Å². The van der Waals surface area contributed by atoms with Gasteiger partial charge in [-0.1, -0.05) is 32.9 Å². The summed E-state index contributed by atoms with van der Waals surface area (Å²) < 4.78 is 0. The third kappa shape index (κ3) is 3.66. The quantitative estimate of drug-likeness (QED) is 0.496. The van der Waals surface area contributed by atoms with Crippen molar-refractivity contribution < 1.29 is 0 Å². The van der Waals surface area contributed by atoms with Crippen LogP contribution in [-0.2, 0) is 0 Å². The summed E-state index contributed by atoms with van der Waals surface area (Å²) >= 11 is 0. The topological polar surface area (TPSA) is 0 Å². The van der Waals surface area contributed by atoms with Crippen molar-refractivity contribution in [1.29, 1.82) is 0 Å². The molecular weight excluding hydrogens is 106 g/mol. The van der Waals surface area contributed by atoms with Gasteiger partial charge < -0.3 is 0 Å². The molecule has 0 fully saturated rings. The van der Waals surface area contributed by atoms with E-state index in [0.717, 1.165) is 19.1 Å². The average Bonchev–Trinajstić information content (AvgIpc) is 1.87. The van der Waals surface area contributed by atoms with E-state index in [1.54, 1.807) is 0 Å². The predicted octanol–water partition coefficient (Wildman–Crippen LogP) is 1.82. The largest absolute Gasteiger partial charge is 0.0884 e. The smallest absolute Gasteiger partial charge is 0.0656 e. The van der Waals surface area contributed by atoms with Gasteiger partial charge in [-0.3, -0.25) is 0 Å². The summed E-state index contributed by atoms with van der Waals surface area (Å²) in [4.78, 5) is 0. The second-order valence-electron chi connectivity index (χ2n) is 2.77. The maximum atomic E-state index is 5.46. The zero-order valence-electron chi connectivity index (χ0n) is 6.43. The van der Waals surface area contributed by atoms with Crippen molar-refractivity contribution in [3.63, 3.8) is 0 Å². The van der Waals surface area contributed by atoms with Crippen LogP contribution in [0.1, 0.15) is 20.3 Å². The fourth-order valence-electron chi connectivity index (χ4n) is 0.780. The average molecular weight is 120 g/mol. The molecule has 0 aliphatic heterocycles. The zero-order valence-corrected chi connectivity index (χ0v) is 6.43. The first kappa shape index (κ1) is 9.13. The summed E-state index contributed by atoms with van der Waals surface area (Å²) in [5, 5.41) is 0. The van der Waals surface area contributed by atoms with Gasteiger partial charge in [0.15, 0.2) is 0 Å². The summed E-state index contributed by atoms with van der Waals surface area (Å²) in [6.45, 7) is 4.37. The SMILES string of the molecule is [B]CC[C@@H](C)C(C)C[B]. The molecule has 0 aromatic carbocycles. The minimum Gasteiger partial charge on any atom is -0.0884 e. The summed E-state index contributed by atoms with van der Waals surface area (Å²) in [6.07, 6.45) is 2.66. The Morgan fingerprint density at radius 1 is 1.11 bits per heavy atom. The minimum atomic E-state index is 0.619. The predicted molar refractivity (Wildman–Crippen MR) is 44.1 cm³/mol. The molecule has 0 aliphatic carbocycles. The molecule has 0 aliphatic rings. The molecule has 2 heteroatoms.